The molecule has 1 aliphatic heterocycles. The number of fused-ring (bicyclic) bond motifs is 1. The number of hydrogen-bond donors (Lipinski definition) is 0. The maximum Gasteiger partial charge on any atom is 0.253 e. The second kappa shape index (κ2) is 10.6. The van der Waals surface area contributed by atoms with Crippen molar-refractivity contribution >= 4 is 32.3 Å². The van der Waals surface area contributed by atoms with Crippen molar-refractivity contribution in [1.82, 2.24) is 9.88 Å². The van der Waals surface area contributed by atoms with E-state index in [2.05, 4.69) is 9.88 Å². The number of piperazine rings is 1. The minimum absolute atomic E-state index is 0.0426. The number of anilines is 1. The number of benzene rings is 3. The first-order chi connectivity index (χ1) is 17.9. The second-order valence-electron chi connectivity index (χ2n) is 8.99. The average molecular weight is 516 g/mol. The van der Waals surface area contributed by atoms with Crippen LogP contribution >= 0.6 is 0 Å². The lowest BCUT2D eigenvalue weighted by Gasteiger charge is -2.36. The van der Waals surface area contributed by atoms with Crippen LogP contribution in [0.25, 0.3) is 10.9 Å². The molecule has 0 aliphatic carbocycles. The van der Waals surface area contributed by atoms with Crippen LogP contribution in [0.1, 0.15) is 22.8 Å². The van der Waals surface area contributed by atoms with E-state index in [-0.39, 0.29) is 16.6 Å². The fourth-order valence-electron chi connectivity index (χ4n) is 4.64. The summed E-state index contributed by atoms with van der Waals surface area (Å²) < 4.78 is 31.8. The first kappa shape index (κ1) is 24.8. The van der Waals surface area contributed by atoms with Crippen LogP contribution in [0, 0.1) is 0 Å². The first-order valence-electron chi connectivity index (χ1n) is 12.4. The summed E-state index contributed by atoms with van der Waals surface area (Å²) in [7, 11) is -3.60. The molecule has 8 heteroatoms. The van der Waals surface area contributed by atoms with E-state index in [1.807, 2.05) is 48.2 Å². The van der Waals surface area contributed by atoms with E-state index in [9.17, 15) is 13.2 Å². The molecule has 0 unspecified atom stereocenters. The molecule has 1 amide bonds. The fourth-order valence-corrected chi connectivity index (χ4v) is 6.18. The van der Waals surface area contributed by atoms with Crippen molar-refractivity contribution in [1.29, 1.82) is 0 Å². The lowest BCUT2D eigenvalue weighted by atomic mass is 10.1. The van der Waals surface area contributed by atoms with Crippen LogP contribution in [0.5, 0.6) is 5.75 Å². The van der Waals surface area contributed by atoms with E-state index in [0.29, 0.717) is 36.3 Å². The number of carbonyl (C=O) groups excluding carboxylic acids is 1. The van der Waals surface area contributed by atoms with E-state index in [1.54, 1.807) is 48.7 Å². The maximum atomic E-state index is 13.2. The number of aromatic nitrogens is 1. The van der Waals surface area contributed by atoms with E-state index in [4.69, 9.17) is 4.74 Å². The predicted molar refractivity (Wildman–Crippen MR) is 145 cm³/mol. The Balaban J connectivity index is 1.22. The average Bonchev–Trinajstić information content (AvgIpc) is 2.93. The number of amides is 1. The largest absolute Gasteiger partial charge is 0.494 e. The minimum atomic E-state index is -3.60. The van der Waals surface area contributed by atoms with Gasteiger partial charge >= 0.3 is 0 Å². The molecule has 0 radical (unpaired) electrons. The quantitative estimate of drug-likeness (QED) is 0.359. The summed E-state index contributed by atoms with van der Waals surface area (Å²) >= 11 is 0. The Bertz CT molecular complexity index is 1490. The van der Waals surface area contributed by atoms with Gasteiger partial charge < -0.3 is 14.5 Å². The molecule has 0 atom stereocenters. The third kappa shape index (κ3) is 5.44. The highest BCUT2D eigenvalue weighted by Crippen LogP contribution is 2.25. The van der Waals surface area contributed by atoms with Gasteiger partial charge in [-0.1, -0.05) is 30.3 Å². The molecule has 1 saturated heterocycles. The maximum absolute atomic E-state index is 13.2. The van der Waals surface area contributed by atoms with Crippen LogP contribution < -0.4 is 9.64 Å². The Morgan fingerprint density at radius 2 is 1.59 bits per heavy atom. The highest BCUT2D eigenvalue weighted by Gasteiger charge is 2.23. The van der Waals surface area contributed by atoms with Gasteiger partial charge in [-0.25, -0.2) is 8.42 Å². The molecule has 1 aliphatic rings. The summed E-state index contributed by atoms with van der Waals surface area (Å²) in [6.07, 6.45) is 1.60. The minimum Gasteiger partial charge on any atom is -0.494 e. The molecule has 0 bridgehead atoms. The van der Waals surface area contributed by atoms with Gasteiger partial charge in [0.25, 0.3) is 5.91 Å². The first-order valence-corrected chi connectivity index (χ1v) is 14.0. The van der Waals surface area contributed by atoms with E-state index < -0.39 is 9.84 Å². The van der Waals surface area contributed by atoms with E-state index >= 15 is 0 Å². The van der Waals surface area contributed by atoms with Crippen LogP contribution in [-0.2, 0) is 15.6 Å². The molecular formula is C29H29N3O4S. The van der Waals surface area contributed by atoms with Crippen LogP contribution in [0.2, 0.25) is 0 Å². The Morgan fingerprint density at radius 3 is 2.30 bits per heavy atom. The van der Waals surface area contributed by atoms with Crippen LogP contribution in [0.3, 0.4) is 0 Å². The molecule has 37 heavy (non-hydrogen) atoms. The van der Waals surface area contributed by atoms with Crippen molar-refractivity contribution in [2.24, 2.45) is 0 Å². The van der Waals surface area contributed by atoms with Crippen molar-refractivity contribution in [2.75, 3.05) is 37.7 Å². The summed E-state index contributed by atoms with van der Waals surface area (Å²) in [6, 6.07) is 23.7. The molecule has 5 rings (SSSR count). The molecule has 190 valence electrons. The summed E-state index contributed by atoms with van der Waals surface area (Å²) in [4.78, 5) is 21.7. The zero-order valence-electron chi connectivity index (χ0n) is 20.7. The fraction of sp³-hybridized carbons (Fsp3) is 0.241. The Hall–Kier alpha value is -3.91. The molecule has 0 N–H and O–H groups in total. The number of pyridine rings is 1. The highest BCUT2D eigenvalue weighted by molar-refractivity contribution is 7.90. The zero-order valence-corrected chi connectivity index (χ0v) is 21.5. The van der Waals surface area contributed by atoms with Gasteiger partial charge in [0.1, 0.15) is 5.75 Å². The number of hydrogen-bond acceptors (Lipinski definition) is 6. The summed E-state index contributed by atoms with van der Waals surface area (Å²) in [5.41, 5.74) is 2.77. The van der Waals surface area contributed by atoms with Gasteiger partial charge in [-0.15, -0.1) is 0 Å². The number of ether oxygens (including phenoxy) is 1. The van der Waals surface area contributed by atoms with Gasteiger partial charge in [0.05, 0.1) is 22.8 Å². The second-order valence-corrected chi connectivity index (χ2v) is 11.0. The third-order valence-electron chi connectivity index (χ3n) is 6.57. The number of nitrogens with zero attached hydrogens (tertiary/aromatic N) is 3. The van der Waals surface area contributed by atoms with E-state index in [0.717, 1.165) is 29.9 Å². The van der Waals surface area contributed by atoms with Gasteiger partial charge in [0.2, 0.25) is 0 Å². The Kier molecular flexibility index (Phi) is 7.10. The molecule has 1 fully saturated rings. The van der Waals surface area contributed by atoms with Crippen LogP contribution in [0.15, 0.2) is 90.0 Å². The lowest BCUT2D eigenvalue weighted by molar-refractivity contribution is 0.0747. The number of carbonyl (C=O) groups is 1. The van der Waals surface area contributed by atoms with Gasteiger partial charge in [0, 0.05) is 49.0 Å². The molecule has 0 saturated carbocycles. The number of sulfone groups is 1. The van der Waals surface area contributed by atoms with Gasteiger partial charge in [-0.3, -0.25) is 9.78 Å². The Morgan fingerprint density at radius 1 is 0.892 bits per heavy atom. The number of rotatable bonds is 7. The van der Waals surface area contributed by atoms with E-state index in [1.165, 1.54) is 0 Å². The monoisotopic (exact) mass is 515 g/mol. The third-order valence-corrected chi connectivity index (χ3v) is 8.28. The summed E-state index contributed by atoms with van der Waals surface area (Å²) in [5, 5.41) is 0.784. The van der Waals surface area contributed by atoms with Crippen molar-refractivity contribution in [3.63, 3.8) is 0 Å². The van der Waals surface area contributed by atoms with Gasteiger partial charge in [-0.2, -0.15) is 0 Å². The standard InChI is InChI=1S/C29H29N3O4S/c1-2-36-26-14-12-25(13-15-26)31-17-19-32(20-18-31)29(33)24-10-8-22(9-11-24)21-37(34,35)27-7-3-5-23-6-4-16-30-28(23)27/h3-16H,2,17-21H2,1H3. The van der Waals surface area contributed by atoms with Crippen LogP contribution in [-0.4, -0.2) is 57.0 Å². The molecule has 7 nitrogen and oxygen atoms in total. The van der Waals surface area contributed by atoms with Crippen LogP contribution in [0.4, 0.5) is 5.69 Å². The topological polar surface area (TPSA) is 79.8 Å². The molecule has 3 aromatic carbocycles. The lowest BCUT2D eigenvalue weighted by Crippen LogP contribution is -2.48. The Labute approximate surface area is 217 Å². The molecule has 2 heterocycles. The highest BCUT2D eigenvalue weighted by atomic mass is 32.2. The van der Waals surface area contributed by atoms with Gasteiger partial charge in [-0.05, 0) is 61.0 Å². The SMILES string of the molecule is CCOc1ccc(N2CCN(C(=O)c3ccc(CS(=O)(=O)c4cccc5cccnc45)cc3)CC2)cc1. The van der Waals surface area contributed by atoms with Gasteiger partial charge in [0.15, 0.2) is 9.84 Å². The number of para-hydroxylation sites is 1. The van der Waals surface area contributed by atoms with Crippen molar-refractivity contribution in [3.05, 3.63) is 96.2 Å². The molecule has 0 spiro atoms. The smallest absolute Gasteiger partial charge is 0.253 e. The molecular weight excluding hydrogens is 486 g/mol. The van der Waals surface area contributed by atoms with Crippen molar-refractivity contribution < 1.29 is 17.9 Å². The van der Waals surface area contributed by atoms with Crippen molar-refractivity contribution in [3.8, 4) is 5.75 Å². The normalized spacial score (nSPS) is 14.1. The summed E-state index contributed by atoms with van der Waals surface area (Å²) in [6.45, 7) is 5.33. The van der Waals surface area contributed by atoms with Crippen molar-refractivity contribution in [2.45, 2.75) is 17.6 Å². The zero-order chi connectivity index (χ0) is 25.8. The predicted octanol–water partition coefficient (Wildman–Crippen LogP) is 4.57. The molecule has 4 aromatic rings. The molecule has 1 aromatic heterocycles. The summed E-state index contributed by atoms with van der Waals surface area (Å²) in [5.74, 6) is 0.655.